The van der Waals surface area contributed by atoms with Crippen LogP contribution >= 0.6 is 23.4 Å². The number of carbonyl (C=O) groups excluding carboxylic acids is 1. The maximum Gasteiger partial charge on any atom is 0.262 e. The third kappa shape index (κ3) is 4.39. The number of aromatic nitrogens is 2. The Morgan fingerprint density at radius 1 is 1.14 bits per heavy atom. The number of halogens is 1. The van der Waals surface area contributed by atoms with E-state index in [1.165, 1.54) is 11.8 Å². The van der Waals surface area contributed by atoms with Crippen molar-refractivity contribution in [2.45, 2.75) is 43.8 Å². The lowest BCUT2D eigenvalue weighted by atomic mass is 10.2. The lowest BCUT2D eigenvalue weighted by Gasteiger charge is -2.18. The van der Waals surface area contributed by atoms with Crippen molar-refractivity contribution in [1.82, 2.24) is 14.9 Å². The molecule has 28 heavy (non-hydrogen) atoms. The molecule has 0 spiro atoms. The number of amides is 1. The van der Waals surface area contributed by atoms with Crippen molar-refractivity contribution in [1.29, 1.82) is 0 Å². The van der Waals surface area contributed by atoms with Crippen LogP contribution < -0.4 is 10.9 Å². The van der Waals surface area contributed by atoms with Gasteiger partial charge in [0.2, 0.25) is 5.91 Å². The number of fused-ring (bicyclic) bond motifs is 1. The van der Waals surface area contributed by atoms with Crippen LogP contribution in [0.1, 0.15) is 32.4 Å². The molecule has 1 atom stereocenters. The zero-order valence-electron chi connectivity index (χ0n) is 16.0. The molecule has 0 radical (unpaired) electrons. The zero-order chi connectivity index (χ0) is 20.3. The second-order valence-corrected chi connectivity index (χ2v) is 8.46. The number of hydrogen-bond donors (Lipinski definition) is 1. The first-order valence-corrected chi connectivity index (χ1v) is 10.3. The highest BCUT2D eigenvalue weighted by atomic mass is 35.5. The molecule has 1 heterocycles. The summed E-state index contributed by atoms with van der Waals surface area (Å²) in [6.45, 7) is 6.03. The summed E-state index contributed by atoms with van der Waals surface area (Å²) < 4.78 is 1.64. The maximum atomic E-state index is 12.9. The van der Waals surface area contributed by atoms with Gasteiger partial charge in [0, 0.05) is 17.6 Å². The monoisotopic (exact) mass is 415 g/mol. The number of para-hydroxylation sites is 1. The fourth-order valence-corrected chi connectivity index (χ4v) is 4.11. The summed E-state index contributed by atoms with van der Waals surface area (Å²) in [5.41, 5.74) is 1.40. The number of carbonyl (C=O) groups is 1. The van der Waals surface area contributed by atoms with Crippen LogP contribution in [0.3, 0.4) is 0 Å². The van der Waals surface area contributed by atoms with Gasteiger partial charge in [-0.05, 0) is 44.5 Å². The molecule has 0 aliphatic heterocycles. The second kappa shape index (κ2) is 8.80. The molecule has 0 saturated carbocycles. The number of hydrogen-bond acceptors (Lipinski definition) is 4. The van der Waals surface area contributed by atoms with Gasteiger partial charge in [-0.2, -0.15) is 0 Å². The predicted molar refractivity (Wildman–Crippen MR) is 115 cm³/mol. The molecule has 0 aliphatic rings. The van der Waals surface area contributed by atoms with Gasteiger partial charge in [-0.1, -0.05) is 53.7 Å². The highest BCUT2D eigenvalue weighted by Gasteiger charge is 2.20. The molecular formula is C21H22ClN3O2S. The van der Waals surface area contributed by atoms with Gasteiger partial charge in [0.15, 0.2) is 5.16 Å². The van der Waals surface area contributed by atoms with E-state index in [0.717, 1.165) is 5.56 Å². The van der Waals surface area contributed by atoms with Gasteiger partial charge in [0.1, 0.15) is 0 Å². The first-order chi connectivity index (χ1) is 13.4. The van der Waals surface area contributed by atoms with Gasteiger partial charge in [0.05, 0.1) is 16.2 Å². The second-order valence-electron chi connectivity index (χ2n) is 6.75. The van der Waals surface area contributed by atoms with Crippen LogP contribution in [0.15, 0.2) is 58.5 Å². The summed E-state index contributed by atoms with van der Waals surface area (Å²) in [7, 11) is 0. The molecule has 3 aromatic rings. The molecule has 0 bridgehead atoms. The van der Waals surface area contributed by atoms with Crippen LogP contribution in [0.2, 0.25) is 5.02 Å². The summed E-state index contributed by atoms with van der Waals surface area (Å²) in [6.07, 6.45) is 0. The Bertz CT molecular complexity index is 1060. The van der Waals surface area contributed by atoms with Gasteiger partial charge in [-0.25, -0.2) is 4.98 Å². The van der Waals surface area contributed by atoms with Crippen molar-refractivity contribution in [3.05, 3.63) is 69.5 Å². The molecule has 3 rings (SSSR count). The average molecular weight is 416 g/mol. The number of thioether (sulfide) groups is 1. The highest BCUT2D eigenvalue weighted by Crippen LogP contribution is 2.25. The predicted octanol–water partition coefficient (Wildman–Crippen LogP) is 4.43. The minimum atomic E-state index is -0.416. The smallest absolute Gasteiger partial charge is 0.262 e. The number of rotatable bonds is 6. The summed E-state index contributed by atoms with van der Waals surface area (Å²) in [6, 6.07) is 14.6. The molecule has 0 aliphatic carbocycles. The lowest BCUT2D eigenvalue weighted by molar-refractivity contribution is -0.120. The Kier molecular flexibility index (Phi) is 6.42. The van der Waals surface area contributed by atoms with E-state index < -0.39 is 5.25 Å². The quantitative estimate of drug-likeness (QED) is 0.478. The minimum Gasteiger partial charge on any atom is -0.351 e. The summed E-state index contributed by atoms with van der Waals surface area (Å²) in [5.74, 6) is -0.136. The molecule has 2 aromatic carbocycles. The van der Waals surface area contributed by atoms with Crippen molar-refractivity contribution in [2.75, 3.05) is 0 Å². The van der Waals surface area contributed by atoms with E-state index in [1.807, 2.05) is 50.2 Å². The van der Waals surface area contributed by atoms with Gasteiger partial charge in [-0.3, -0.25) is 14.2 Å². The molecule has 0 saturated heterocycles. The molecule has 1 N–H and O–H groups in total. The fraction of sp³-hybridized carbons (Fsp3) is 0.286. The van der Waals surface area contributed by atoms with Crippen LogP contribution in [-0.2, 0) is 11.3 Å². The van der Waals surface area contributed by atoms with E-state index in [0.29, 0.717) is 27.6 Å². The Hall–Kier alpha value is -2.31. The van der Waals surface area contributed by atoms with Crippen molar-refractivity contribution >= 4 is 40.2 Å². The van der Waals surface area contributed by atoms with Crippen LogP contribution in [0, 0.1) is 0 Å². The molecule has 0 unspecified atom stereocenters. The van der Waals surface area contributed by atoms with Crippen LogP contribution in [0.4, 0.5) is 0 Å². The van der Waals surface area contributed by atoms with Crippen molar-refractivity contribution in [3.63, 3.8) is 0 Å². The van der Waals surface area contributed by atoms with Gasteiger partial charge >= 0.3 is 0 Å². The zero-order valence-corrected chi connectivity index (χ0v) is 17.6. The van der Waals surface area contributed by atoms with E-state index in [-0.39, 0.29) is 17.5 Å². The molecule has 5 nitrogen and oxygen atoms in total. The largest absolute Gasteiger partial charge is 0.351 e. The third-order valence-corrected chi connectivity index (χ3v) is 5.79. The van der Waals surface area contributed by atoms with E-state index in [9.17, 15) is 9.59 Å². The normalized spacial score (nSPS) is 12.3. The first kappa shape index (κ1) is 20.4. The summed E-state index contributed by atoms with van der Waals surface area (Å²) in [5, 5.41) is 4.22. The average Bonchev–Trinajstić information content (AvgIpc) is 2.67. The Labute approximate surface area is 173 Å². The van der Waals surface area contributed by atoms with E-state index in [1.54, 1.807) is 23.6 Å². The summed E-state index contributed by atoms with van der Waals surface area (Å²) in [4.78, 5) is 30.1. The molecule has 0 fully saturated rings. The van der Waals surface area contributed by atoms with Gasteiger partial charge < -0.3 is 5.32 Å². The Balaban J connectivity index is 1.81. The number of nitrogens with one attached hydrogen (secondary N) is 1. The Morgan fingerprint density at radius 2 is 1.82 bits per heavy atom. The molecule has 146 valence electrons. The highest BCUT2D eigenvalue weighted by molar-refractivity contribution is 8.00. The van der Waals surface area contributed by atoms with Crippen molar-refractivity contribution < 1.29 is 4.79 Å². The van der Waals surface area contributed by atoms with E-state index in [2.05, 4.69) is 10.3 Å². The van der Waals surface area contributed by atoms with E-state index >= 15 is 0 Å². The Morgan fingerprint density at radius 3 is 2.54 bits per heavy atom. The first-order valence-electron chi connectivity index (χ1n) is 9.07. The molecule has 7 heteroatoms. The number of nitrogens with zero attached hydrogens (tertiary/aromatic N) is 2. The number of benzene rings is 2. The maximum absolute atomic E-state index is 12.9. The molecular weight excluding hydrogens is 394 g/mol. The third-order valence-electron chi connectivity index (χ3n) is 4.35. The molecule has 1 amide bonds. The standard InChI is InChI=1S/C21H22ClN3O2S/c1-13(2)25-20(27)16-9-5-7-11-18(16)24-21(25)28-14(3)19(26)23-12-15-8-4-6-10-17(15)22/h4-11,13-14H,12H2,1-3H3,(H,23,26)/t14-/m0/s1. The van der Waals surface area contributed by atoms with Crippen molar-refractivity contribution in [3.8, 4) is 0 Å². The van der Waals surface area contributed by atoms with Crippen LogP contribution in [0.25, 0.3) is 10.9 Å². The van der Waals surface area contributed by atoms with E-state index in [4.69, 9.17) is 11.6 Å². The van der Waals surface area contributed by atoms with Crippen LogP contribution in [-0.4, -0.2) is 20.7 Å². The van der Waals surface area contributed by atoms with Crippen LogP contribution in [0.5, 0.6) is 0 Å². The van der Waals surface area contributed by atoms with Gasteiger partial charge in [0.25, 0.3) is 5.56 Å². The molecule has 1 aromatic heterocycles. The minimum absolute atomic E-state index is 0.0644. The summed E-state index contributed by atoms with van der Waals surface area (Å²) >= 11 is 7.42. The SMILES string of the molecule is CC(C)n1c(S[C@@H](C)C(=O)NCc2ccccc2Cl)nc2ccccc2c1=O. The van der Waals surface area contributed by atoms with Crippen molar-refractivity contribution in [2.24, 2.45) is 0 Å². The fourth-order valence-electron chi connectivity index (χ4n) is 2.84. The lowest BCUT2D eigenvalue weighted by Crippen LogP contribution is -2.32. The topological polar surface area (TPSA) is 64.0 Å². The van der Waals surface area contributed by atoms with Gasteiger partial charge in [-0.15, -0.1) is 0 Å².